The molecule has 1 nitrogen and oxygen atoms in total. The zero-order valence-electron chi connectivity index (χ0n) is 7.76. The molecule has 1 aromatic rings. The number of benzene rings is 1. The van der Waals surface area contributed by atoms with Crippen molar-refractivity contribution in [1.29, 1.82) is 0 Å². The molecule has 1 fully saturated rings. The fourth-order valence-electron chi connectivity index (χ4n) is 1.91. The first-order valence-electron chi connectivity index (χ1n) is 4.73. The minimum atomic E-state index is 0.672. The Labute approximate surface area is 84.1 Å². The summed E-state index contributed by atoms with van der Waals surface area (Å²) >= 11 is 6.10. The molecule has 13 heavy (non-hydrogen) atoms. The van der Waals surface area contributed by atoms with Gasteiger partial charge in [0.1, 0.15) is 0 Å². The molecule has 0 amide bonds. The first kappa shape index (κ1) is 9.04. The van der Waals surface area contributed by atoms with Gasteiger partial charge < -0.3 is 5.32 Å². The van der Waals surface area contributed by atoms with Crippen LogP contribution in [-0.2, 0) is 0 Å². The Morgan fingerprint density at radius 2 is 2.00 bits per heavy atom. The van der Waals surface area contributed by atoms with Crippen LogP contribution in [0.4, 0.5) is 0 Å². The smallest absolute Gasteiger partial charge is 0.0440 e. The molecule has 0 spiro atoms. The second-order valence-electron chi connectivity index (χ2n) is 3.68. The highest BCUT2D eigenvalue weighted by atomic mass is 35.5. The average Bonchev–Trinajstić information content (AvgIpc) is 2.06. The van der Waals surface area contributed by atoms with E-state index < -0.39 is 0 Å². The maximum absolute atomic E-state index is 6.10. The lowest BCUT2D eigenvalue weighted by Crippen LogP contribution is -2.37. The zero-order chi connectivity index (χ0) is 9.26. The molecule has 1 aromatic carbocycles. The second kappa shape index (κ2) is 3.69. The van der Waals surface area contributed by atoms with Crippen molar-refractivity contribution < 1.29 is 0 Å². The maximum atomic E-state index is 6.10. The van der Waals surface area contributed by atoms with Gasteiger partial charge in [-0.25, -0.2) is 0 Å². The monoisotopic (exact) mass is 195 g/mol. The van der Waals surface area contributed by atoms with Crippen molar-refractivity contribution in [3.8, 4) is 0 Å². The van der Waals surface area contributed by atoms with Crippen molar-refractivity contribution in [3.63, 3.8) is 0 Å². The third kappa shape index (κ3) is 1.72. The van der Waals surface area contributed by atoms with E-state index in [4.69, 9.17) is 11.6 Å². The van der Waals surface area contributed by atoms with Gasteiger partial charge in [-0.2, -0.15) is 0 Å². The van der Waals surface area contributed by atoms with Gasteiger partial charge in [-0.05, 0) is 37.4 Å². The number of hydrogen-bond acceptors (Lipinski definition) is 1. The minimum Gasteiger partial charge on any atom is -0.317 e. The van der Waals surface area contributed by atoms with Crippen LogP contribution in [0, 0.1) is 0 Å². The van der Waals surface area contributed by atoms with E-state index in [1.165, 1.54) is 18.4 Å². The van der Waals surface area contributed by atoms with E-state index in [-0.39, 0.29) is 0 Å². The first-order chi connectivity index (χ1) is 6.31. The SMILES string of the molecule is CNC1CC(c2ccccc2Cl)C1. The Hall–Kier alpha value is -0.530. The molecule has 2 rings (SSSR count). The first-order valence-corrected chi connectivity index (χ1v) is 5.10. The summed E-state index contributed by atoms with van der Waals surface area (Å²) in [6.07, 6.45) is 2.44. The third-order valence-electron chi connectivity index (χ3n) is 2.89. The highest BCUT2D eigenvalue weighted by Gasteiger charge is 2.29. The summed E-state index contributed by atoms with van der Waals surface area (Å²) < 4.78 is 0. The van der Waals surface area contributed by atoms with Crippen molar-refractivity contribution in [2.24, 2.45) is 0 Å². The molecule has 0 saturated heterocycles. The number of hydrogen-bond donors (Lipinski definition) is 1. The molecule has 2 heteroatoms. The van der Waals surface area contributed by atoms with Gasteiger partial charge in [0.25, 0.3) is 0 Å². The molecular formula is C11H14ClN. The lowest BCUT2D eigenvalue weighted by Gasteiger charge is -2.35. The van der Waals surface area contributed by atoms with E-state index >= 15 is 0 Å². The lowest BCUT2D eigenvalue weighted by atomic mass is 9.76. The van der Waals surface area contributed by atoms with Crippen LogP contribution in [0.3, 0.4) is 0 Å². The molecular weight excluding hydrogens is 182 g/mol. The Morgan fingerprint density at radius 1 is 1.31 bits per heavy atom. The Bertz CT molecular complexity index is 292. The summed E-state index contributed by atoms with van der Waals surface area (Å²) in [5.74, 6) is 0.672. The van der Waals surface area contributed by atoms with Gasteiger partial charge in [-0.3, -0.25) is 0 Å². The van der Waals surface area contributed by atoms with Crippen LogP contribution in [0.2, 0.25) is 5.02 Å². The summed E-state index contributed by atoms with van der Waals surface area (Å²) in [5, 5.41) is 4.20. The average molecular weight is 196 g/mol. The van der Waals surface area contributed by atoms with Crippen LogP contribution in [0.1, 0.15) is 24.3 Å². The summed E-state index contributed by atoms with van der Waals surface area (Å²) in [4.78, 5) is 0. The van der Waals surface area contributed by atoms with E-state index in [1.807, 2.05) is 19.2 Å². The third-order valence-corrected chi connectivity index (χ3v) is 3.24. The fourth-order valence-corrected chi connectivity index (χ4v) is 2.20. The van der Waals surface area contributed by atoms with Crippen molar-refractivity contribution >= 4 is 11.6 Å². The largest absolute Gasteiger partial charge is 0.317 e. The van der Waals surface area contributed by atoms with Crippen LogP contribution in [0.25, 0.3) is 0 Å². The van der Waals surface area contributed by atoms with Crippen LogP contribution < -0.4 is 5.32 Å². The van der Waals surface area contributed by atoms with E-state index in [9.17, 15) is 0 Å². The van der Waals surface area contributed by atoms with Gasteiger partial charge in [0.05, 0.1) is 0 Å². The molecule has 0 aliphatic heterocycles. The van der Waals surface area contributed by atoms with Crippen LogP contribution in [0.15, 0.2) is 24.3 Å². The van der Waals surface area contributed by atoms with Gasteiger partial charge in [0.15, 0.2) is 0 Å². The van der Waals surface area contributed by atoms with E-state index in [1.54, 1.807) is 0 Å². The normalized spacial score (nSPS) is 26.9. The van der Waals surface area contributed by atoms with Crippen LogP contribution in [-0.4, -0.2) is 13.1 Å². The highest BCUT2D eigenvalue weighted by Crippen LogP contribution is 2.39. The summed E-state index contributed by atoms with van der Waals surface area (Å²) in [6.45, 7) is 0. The second-order valence-corrected chi connectivity index (χ2v) is 4.08. The van der Waals surface area contributed by atoms with Gasteiger partial charge in [0.2, 0.25) is 0 Å². The highest BCUT2D eigenvalue weighted by molar-refractivity contribution is 6.31. The molecule has 1 N–H and O–H groups in total. The zero-order valence-corrected chi connectivity index (χ0v) is 8.51. The Morgan fingerprint density at radius 3 is 2.62 bits per heavy atom. The molecule has 70 valence electrons. The quantitative estimate of drug-likeness (QED) is 0.766. The topological polar surface area (TPSA) is 12.0 Å². The van der Waals surface area contributed by atoms with E-state index in [2.05, 4.69) is 17.4 Å². The molecule has 0 aromatic heterocycles. The maximum Gasteiger partial charge on any atom is 0.0440 e. The number of halogens is 1. The standard InChI is InChI=1S/C11H14ClN/c1-13-9-6-8(7-9)10-4-2-3-5-11(10)12/h2-5,8-9,13H,6-7H2,1H3. The van der Waals surface area contributed by atoms with Crippen molar-refractivity contribution in [1.82, 2.24) is 5.32 Å². The van der Waals surface area contributed by atoms with Gasteiger partial charge in [-0.1, -0.05) is 29.8 Å². The predicted molar refractivity (Wildman–Crippen MR) is 56.3 cm³/mol. The molecule has 0 unspecified atom stereocenters. The van der Waals surface area contributed by atoms with Crippen LogP contribution >= 0.6 is 11.6 Å². The minimum absolute atomic E-state index is 0.672. The van der Waals surface area contributed by atoms with Crippen molar-refractivity contribution in [3.05, 3.63) is 34.9 Å². The molecule has 0 atom stereocenters. The molecule has 0 radical (unpaired) electrons. The van der Waals surface area contributed by atoms with Crippen molar-refractivity contribution in [2.45, 2.75) is 24.8 Å². The Balaban J connectivity index is 2.07. The molecule has 1 aliphatic carbocycles. The summed E-state index contributed by atoms with van der Waals surface area (Å²) in [7, 11) is 2.02. The predicted octanol–water partition coefficient (Wildman–Crippen LogP) is 2.81. The van der Waals surface area contributed by atoms with Gasteiger partial charge in [0, 0.05) is 11.1 Å². The molecule has 1 aliphatic rings. The van der Waals surface area contributed by atoms with Crippen molar-refractivity contribution in [2.75, 3.05) is 7.05 Å². The summed E-state index contributed by atoms with van der Waals surface area (Å²) in [5.41, 5.74) is 1.32. The lowest BCUT2D eigenvalue weighted by molar-refractivity contribution is 0.307. The fraction of sp³-hybridized carbons (Fsp3) is 0.455. The number of rotatable bonds is 2. The Kier molecular flexibility index (Phi) is 2.56. The van der Waals surface area contributed by atoms with E-state index in [0.29, 0.717) is 12.0 Å². The molecule has 0 heterocycles. The number of nitrogens with one attached hydrogen (secondary N) is 1. The van der Waals surface area contributed by atoms with Gasteiger partial charge in [-0.15, -0.1) is 0 Å². The molecule has 1 saturated carbocycles. The van der Waals surface area contributed by atoms with Gasteiger partial charge >= 0.3 is 0 Å². The van der Waals surface area contributed by atoms with E-state index in [0.717, 1.165) is 5.02 Å². The van der Waals surface area contributed by atoms with Crippen LogP contribution in [0.5, 0.6) is 0 Å². The molecule has 0 bridgehead atoms. The summed E-state index contributed by atoms with van der Waals surface area (Å²) in [6, 6.07) is 8.86.